The number of carbonyl (C=O) groups excluding carboxylic acids is 1. The highest BCUT2D eigenvalue weighted by molar-refractivity contribution is 5.92. The van der Waals surface area contributed by atoms with Crippen LogP contribution in [-0.2, 0) is 30.4 Å². The fraction of sp³-hybridized carbons (Fsp3) is 0.619. The third-order valence-electron chi connectivity index (χ3n) is 4.79. The normalized spacial score (nSPS) is 22.7. The van der Waals surface area contributed by atoms with Crippen molar-refractivity contribution in [1.29, 1.82) is 0 Å². The molecule has 0 spiro atoms. The molecule has 0 radical (unpaired) electrons. The number of ether oxygens (including phenoxy) is 4. The molecule has 6 N–H and O–H groups in total. The van der Waals surface area contributed by atoms with Gasteiger partial charge in [-0.05, 0) is 24.7 Å². The number of carboxylic acid groups (broad SMARTS) is 1. The summed E-state index contributed by atoms with van der Waals surface area (Å²) in [4.78, 5) is 23.6. The first-order chi connectivity index (χ1) is 15.8. The van der Waals surface area contributed by atoms with Crippen molar-refractivity contribution >= 4 is 17.6 Å². The number of nitrogens with one attached hydrogen (secondary N) is 2. The second kappa shape index (κ2) is 14.1. The van der Waals surface area contributed by atoms with E-state index in [9.17, 15) is 24.9 Å². The van der Waals surface area contributed by atoms with Crippen molar-refractivity contribution in [2.45, 2.75) is 44.1 Å². The molecule has 33 heavy (non-hydrogen) atoms. The van der Waals surface area contributed by atoms with E-state index in [-0.39, 0.29) is 43.4 Å². The van der Waals surface area contributed by atoms with Gasteiger partial charge in [-0.2, -0.15) is 0 Å². The Hall–Kier alpha value is -2.32. The van der Waals surface area contributed by atoms with Crippen molar-refractivity contribution in [3.63, 3.8) is 0 Å². The summed E-state index contributed by atoms with van der Waals surface area (Å²) in [5.41, 5.74) is 0.672. The predicted octanol–water partition coefficient (Wildman–Crippen LogP) is -0.940. The second-order valence-electron chi connectivity index (χ2n) is 7.36. The maximum Gasteiger partial charge on any atom is 0.333 e. The molecule has 1 aliphatic rings. The van der Waals surface area contributed by atoms with Gasteiger partial charge in [0.1, 0.15) is 11.9 Å². The maximum absolute atomic E-state index is 12.3. The predicted molar refractivity (Wildman–Crippen MR) is 115 cm³/mol. The second-order valence-corrected chi connectivity index (χ2v) is 7.36. The molecule has 0 bridgehead atoms. The highest BCUT2D eigenvalue weighted by Crippen LogP contribution is 2.30. The lowest BCUT2D eigenvalue weighted by Crippen LogP contribution is -2.52. The molecule has 0 aliphatic carbocycles. The fourth-order valence-corrected chi connectivity index (χ4v) is 2.97. The van der Waals surface area contributed by atoms with Crippen molar-refractivity contribution in [2.24, 2.45) is 0 Å². The maximum atomic E-state index is 12.3. The van der Waals surface area contributed by atoms with Crippen molar-refractivity contribution in [2.75, 3.05) is 45.3 Å². The molecule has 1 fully saturated rings. The number of anilines is 1. The molecule has 2 rings (SSSR count). The van der Waals surface area contributed by atoms with Crippen LogP contribution in [0, 0.1) is 0 Å². The van der Waals surface area contributed by atoms with Crippen LogP contribution in [0.4, 0.5) is 5.69 Å². The van der Waals surface area contributed by atoms with E-state index in [0.29, 0.717) is 25.4 Å². The van der Waals surface area contributed by atoms with E-state index < -0.39 is 30.6 Å². The van der Waals surface area contributed by atoms with E-state index in [4.69, 9.17) is 24.1 Å². The molecule has 12 heteroatoms. The molecule has 4 atom stereocenters. The van der Waals surface area contributed by atoms with Gasteiger partial charge in [0.2, 0.25) is 12.2 Å². The highest BCUT2D eigenvalue weighted by Gasteiger charge is 2.41. The summed E-state index contributed by atoms with van der Waals surface area (Å²) < 4.78 is 21.5. The van der Waals surface area contributed by atoms with E-state index >= 15 is 0 Å². The Morgan fingerprint density at radius 2 is 1.88 bits per heavy atom. The van der Waals surface area contributed by atoms with Crippen LogP contribution < -0.4 is 15.4 Å². The molecule has 1 aliphatic heterocycles. The van der Waals surface area contributed by atoms with E-state index in [1.165, 1.54) is 18.2 Å². The lowest BCUT2D eigenvalue weighted by molar-refractivity contribution is -0.238. The van der Waals surface area contributed by atoms with Crippen molar-refractivity contribution in [3.8, 4) is 5.75 Å². The number of carbonyl (C=O) groups is 2. The molecular weight excluding hydrogens is 440 g/mol. The van der Waals surface area contributed by atoms with E-state index in [2.05, 4.69) is 10.6 Å². The Labute approximate surface area is 191 Å². The van der Waals surface area contributed by atoms with Gasteiger partial charge in [0.15, 0.2) is 6.10 Å². The number of benzene rings is 1. The minimum Gasteiger partial charge on any atom is -0.479 e. The fourth-order valence-electron chi connectivity index (χ4n) is 2.97. The minimum atomic E-state index is -1.50. The largest absolute Gasteiger partial charge is 0.479 e. The van der Waals surface area contributed by atoms with Crippen LogP contribution in [0.5, 0.6) is 5.75 Å². The van der Waals surface area contributed by atoms with Gasteiger partial charge >= 0.3 is 5.97 Å². The zero-order chi connectivity index (χ0) is 24.2. The van der Waals surface area contributed by atoms with Crippen LogP contribution in [0.3, 0.4) is 0 Å². The number of hydrogen-bond acceptors (Lipinski definition) is 10. The SMILES string of the molecule is CNCCOCCOCCC(=O)Nc1cc(CO)ccc1O[C@@H]1O[C@H](C(=O)O)C[C@H](O)[C@H]1O. The quantitative estimate of drug-likeness (QED) is 0.184. The zero-order valence-electron chi connectivity index (χ0n) is 18.4. The molecule has 1 saturated heterocycles. The molecule has 12 nitrogen and oxygen atoms in total. The average molecular weight is 472 g/mol. The topological polar surface area (TPSA) is 176 Å². The minimum absolute atomic E-state index is 0.0433. The number of carboxylic acids is 1. The monoisotopic (exact) mass is 472 g/mol. The summed E-state index contributed by atoms with van der Waals surface area (Å²) in [7, 11) is 1.83. The Balaban J connectivity index is 1.94. The average Bonchev–Trinajstić information content (AvgIpc) is 2.79. The molecule has 1 aromatic carbocycles. The number of aliphatic carboxylic acids is 1. The van der Waals surface area contributed by atoms with Crippen molar-refractivity contribution < 1.29 is 49.0 Å². The smallest absolute Gasteiger partial charge is 0.333 e. The summed E-state index contributed by atoms with van der Waals surface area (Å²) in [6, 6.07) is 4.44. The summed E-state index contributed by atoms with van der Waals surface area (Å²) in [6.07, 6.45) is -5.94. The van der Waals surface area contributed by atoms with Crippen LogP contribution in [0.2, 0.25) is 0 Å². The molecule has 0 aromatic heterocycles. The van der Waals surface area contributed by atoms with Gasteiger partial charge in [0.05, 0.1) is 51.2 Å². The van der Waals surface area contributed by atoms with Gasteiger partial charge in [0.25, 0.3) is 0 Å². The number of rotatable bonds is 14. The molecule has 0 unspecified atom stereocenters. The van der Waals surface area contributed by atoms with Crippen LogP contribution in [-0.4, -0.2) is 96.9 Å². The van der Waals surface area contributed by atoms with Gasteiger partial charge in [-0.1, -0.05) is 6.07 Å². The Morgan fingerprint density at radius 1 is 1.15 bits per heavy atom. The lowest BCUT2D eigenvalue weighted by atomic mass is 10.0. The molecule has 186 valence electrons. The highest BCUT2D eigenvalue weighted by atomic mass is 16.7. The summed E-state index contributed by atoms with van der Waals surface area (Å²) >= 11 is 0. The van der Waals surface area contributed by atoms with Gasteiger partial charge < -0.3 is 50.0 Å². The van der Waals surface area contributed by atoms with E-state index in [0.717, 1.165) is 6.54 Å². The van der Waals surface area contributed by atoms with Crippen LogP contribution in [0.15, 0.2) is 18.2 Å². The first-order valence-electron chi connectivity index (χ1n) is 10.6. The molecular formula is C21H32N2O10. The third kappa shape index (κ3) is 8.85. The van der Waals surface area contributed by atoms with E-state index in [1.54, 1.807) is 0 Å². The Bertz CT molecular complexity index is 763. The van der Waals surface area contributed by atoms with Crippen LogP contribution in [0.25, 0.3) is 0 Å². The van der Waals surface area contributed by atoms with Crippen LogP contribution >= 0.6 is 0 Å². The van der Waals surface area contributed by atoms with Gasteiger partial charge in [-0.25, -0.2) is 4.79 Å². The number of hydrogen-bond donors (Lipinski definition) is 6. The van der Waals surface area contributed by atoms with Gasteiger partial charge in [0, 0.05) is 13.0 Å². The van der Waals surface area contributed by atoms with Gasteiger partial charge in [-0.15, -0.1) is 0 Å². The first kappa shape index (κ1) is 26.9. The van der Waals surface area contributed by atoms with Crippen molar-refractivity contribution in [3.05, 3.63) is 23.8 Å². The molecule has 1 aromatic rings. The molecule has 0 saturated carbocycles. The number of likely N-dealkylation sites (N-methyl/N-ethyl adjacent to an activating group) is 1. The molecule has 1 amide bonds. The van der Waals surface area contributed by atoms with E-state index in [1.807, 2.05) is 7.05 Å². The summed E-state index contributed by atoms with van der Waals surface area (Å²) in [5.74, 6) is -1.62. The summed E-state index contributed by atoms with van der Waals surface area (Å²) in [6.45, 7) is 1.92. The Morgan fingerprint density at radius 3 is 2.55 bits per heavy atom. The number of amides is 1. The molecule has 1 heterocycles. The first-order valence-corrected chi connectivity index (χ1v) is 10.6. The zero-order valence-corrected chi connectivity index (χ0v) is 18.4. The third-order valence-corrected chi connectivity index (χ3v) is 4.79. The number of aliphatic hydroxyl groups excluding tert-OH is 3. The Kier molecular flexibility index (Phi) is 11.5. The summed E-state index contributed by atoms with van der Waals surface area (Å²) in [5, 5.41) is 44.3. The van der Waals surface area contributed by atoms with Crippen molar-refractivity contribution in [1.82, 2.24) is 5.32 Å². The number of aliphatic hydroxyl groups is 3. The van der Waals surface area contributed by atoms with Gasteiger partial charge in [-0.3, -0.25) is 4.79 Å². The lowest BCUT2D eigenvalue weighted by Gasteiger charge is -2.35. The standard InChI is InChI=1S/C21H32N2O10/c1-22-5-7-31-9-8-30-6-4-18(26)23-14-10-13(12-24)2-3-16(14)32-21-19(27)15(25)11-17(33-21)20(28)29/h2-3,10,15,17,19,21-22,24-25,27H,4-9,11-12H2,1H3,(H,23,26)(H,28,29)/t15-,17-,19+,21+/m0/s1. The van der Waals surface area contributed by atoms with Crippen LogP contribution in [0.1, 0.15) is 18.4 Å².